The molecule has 1 aromatic heterocycles. The van der Waals surface area contributed by atoms with E-state index in [1.807, 2.05) is 23.6 Å². The van der Waals surface area contributed by atoms with E-state index in [0.717, 1.165) is 47.8 Å². The summed E-state index contributed by atoms with van der Waals surface area (Å²) >= 11 is 3.53. The second-order valence-corrected chi connectivity index (χ2v) is 7.03. The molecule has 2 saturated heterocycles. The number of amides is 1. The van der Waals surface area contributed by atoms with Crippen LogP contribution in [0, 0.1) is 12.8 Å². The van der Waals surface area contributed by atoms with Gasteiger partial charge in [-0.2, -0.15) is 11.8 Å². The van der Waals surface area contributed by atoms with Crippen molar-refractivity contribution in [3.05, 3.63) is 5.01 Å². The molecule has 3 rings (SSSR count). The van der Waals surface area contributed by atoms with Gasteiger partial charge in [0, 0.05) is 37.7 Å². The molecule has 1 aromatic rings. The van der Waals surface area contributed by atoms with Crippen LogP contribution in [-0.4, -0.2) is 58.7 Å². The Morgan fingerprint density at radius 3 is 2.61 bits per heavy atom. The first-order valence-corrected chi connectivity index (χ1v) is 8.13. The third-order valence-electron chi connectivity index (χ3n) is 3.34. The predicted octanol–water partition coefficient (Wildman–Crippen LogP) is 0.858. The molecule has 0 aliphatic carbocycles. The first kappa shape index (κ1) is 12.2. The number of nitrogens with zero attached hydrogens (tertiary/aromatic N) is 4. The van der Waals surface area contributed by atoms with Gasteiger partial charge in [0.25, 0.3) is 0 Å². The fraction of sp³-hybridized carbons (Fsp3) is 0.727. The maximum Gasteiger partial charge on any atom is 0.229 e. The van der Waals surface area contributed by atoms with E-state index in [0.29, 0.717) is 5.91 Å². The molecule has 0 radical (unpaired) electrons. The summed E-state index contributed by atoms with van der Waals surface area (Å²) in [6.45, 7) is 5.39. The topological polar surface area (TPSA) is 49.3 Å². The second kappa shape index (κ2) is 5.05. The number of carbonyl (C=O) groups is 1. The minimum atomic E-state index is 0.164. The molecule has 0 atom stereocenters. The lowest BCUT2D eigenvalue weighted by Gasteiger charge is -2.41. The highest BCUT2D eigenvalue weighted by molar-refractivity contribution is 7.99. The van der Waals surface area contributed by atoms with Gasteiger partial charge in [-0.15, -0.1) is 10.2 Å². The van der Waals surface area contributed by atoms with E-state index in [2.05, 4.69) is 15.1 Å². The first-order chi connectivity index (χ1) is 8.74. The highest BCUT2D eigenvalue weighted by Crippen LogP contribution is 2.28. The van der Waals surface area contributed by atoms with Crippen molar-refractivity contribution in [2.24, 2.45) is 5.92 Å². The summed E-state index contributed by atoms with van der Waals surface area (Å²) in [5, 5.41) is 10.0. The average molecular weight is 284 g/mol. The zero-order valence-corrected chi connectivity index (χ0v) is 12.0. The summed E-state index contributed by atoms with van der Waals surface area (Å²) in [6.07, 6.45) is 0. The number of thioether (sulfide) groups is 1. The van der Waals surface area contributed by atoms with Gasteiger partial charge in [0.15, 0.2) is 0 Å². The lowest BCUT2D eigenvalue weighted by molar-refractivity contribution is -0.135. The van der Waals surface area contributed by atoms with Crippen LogP contribution in [0.4, 0.5) is 5.13 Å². The van der Waals surface area contributed by atoms with Crippen molar-refractivity contribution in [1.29, 1.82) is 0 Å². The molecule has 0 N–H and O–H groups in total. The Labute approximate surface area is 115 Å². The van der Waals surface area contributed by atoms with E-state index < -0.39 is 0 Å². The summed E-state index contributed by atoms with van der Waals surface area (Å²) in [5.41, 5.74) is 0. The van der Waals surface area contributed by atoms with Crippen LogP contribution in [0.15, 0.2) is 0 Å². The zero-order valence-electron chi connectivity index (χ0n) is 10.3. The van der Waals surface area contributed by atoms with Crippen molar-refractivity contribution in [3.63, 3.8) is 0 Å². The minimum Gasteiger partial charge on any atom is -0.345 e. The van der Waals surface area contributed by atoms with Gasteiger partial charge in [-0.25, -0.2) is 0 Å². The van der Waals surface area contributed by atoms with Crippen LogP contribution < -0.4 is 4.90 Å². The van der Waals surface area contributed by atoms with Gasteiger partial charge in [-0.05, 0) is 6.92 Å². The summed E-state index contributed by atoms with van der Waals surface area (Å²) in [5.74, 6) is 2.65. The largest absolute Gasteiger partial charge is 0.345 e. The molecule has 0 unspecified atom stereocenters. The van der Waals surface area contributed by atoms with Crippen LogP contribution >= 0.6 is 23.1 Å². The van der Waals surface area contributed by atoms with Gasteiger partial charge >= 0.3 is 0 Å². The molecule has 0 aromatic carbocycles. The maximum absolute atomic E-state index is 12.2. The molecule has 2 fully saturated rings. The molecule has 18 heavy (non-hydrogen) atoms. The lowest BCUT2D eigenvalue weighted by atomic mass is 9.99. The smallest absolute Gasteiger partial charge is 0.229 e. The number of aromatic nitrogens is 2. The number of hydrogen-bond donors (Lipinski definition) is 0. The Balaban J connectivity index is 1.53. The fourth-order valence-electron chi connectivity index (χ4n) is 2.25. The maximum atomic E-state index is 12.2. The Bertz CT molecular complexity index is 438. The highest BCUT2D eigenvalue weighted by atomic mass is 32.2. The van der Waals surface area contributed by atoms with E-state index in [9.17, 15) is 4.79 Å². The Kier molecular flexibility index (Phi) is 3.43. The van der Waals surface area contributed by atoms with Crippen molar-refractivity contribution < 1.29 is 4.79 Å². The average Bonchev–Trinajstić information content (AvgIpc) is 2.75. The normalized spacial score (nSPS) is 20.9. The van der Waals surface area contributed by atoms with Crippen LogP contribution in [0.1, 0.15) is 5.01 Å². The van der Waals surface area contributed by atoms with Gasteiger partial charge in [0.2, 0.25) is 11.0 Å². The third kappa shape index (κ3) is 2.33. The van der Waals surface area contributed by atoms with Crippen molar-refractivity contribution >= 4 is 34.1 Å². The molecule has 0 saturated carbocycles. The number of carbonyl (C=O) groups excluding carboxylic acids is 1. The Morgan fingerprint density at radius 1 is 1.28 bits per heavy atom. The second-order valence-electron chi connectivity index (χ2n) is 4.64. The van der Waals surface area contributed by atoms with Crippen LogP contribution in [0.5, 0.6) is 0 Å². The van der Waals surface area contributed by atoms with Crippen molar-refractivity contribution in [2.75, 3.05) is 42.6 Å². The van der Waals surface area contributed by atoms with Gasteiger partial charge in [0.1, 0.15) is 5.01 Å². The Morgan fingerprint density at radius 2 is 2.00 bits per heavy atom. The molecule has 7 heteroatoms. The van der Waals surface area contributed by atoms with E-state index in [4.69, 9.17) is 0 Å². The van der Waals surface area contributed by atoms with E-state index in [-0.39, 0.29) is 5.92 Å². The molecule has 0 spiro atoms. The minimum absolute atomic E-state index is 0.164. The van der Waals surface area contributed by atoms with Crippen molar-refractivity contribution in [2.45, 2.75) is 6.92 Å². The van der Waals surface area contributed by atoms with Gasteiger partial charge in [-0.3, -0.25) is 4.79 Å². The SMILES string of the molecule is Cc1nnc(N2CC(C(=O)N3CCSCC3)C2)s1. The van der Waals surface area contributed by atoms with Crippen LogP contribution in [0.3, 0.4) is 0 Å². The molecule has 2 aliphatic rings. The number of aryl methyl sites for hydroxylation is 1. The molecule has 3 heterocycles. The van der Waals surface area contributed by atoms with Gasteiger partial charge in [0.05, 0.1) is 5.92 Å². The summed E-state index contributed by atoms with van der Waals surface area (Å²) in [6, 6.07) is 0. The molecule has 98 valence electrons. The Hall–Kier alpha value is -0.820. The lowest BCUT2D eigenvalue weighted by Crippen LogP contribution is -2.55. The molecule has 1 amide bonds. The first-order valence-electron chi connectivity index (χ1n) is 6.15. The van der Waals surface area contributed by atoms with E-state index in [1.54, 1.807) is 11.3 Å². The van der Waals surface area contributed by atoms with Crippen LogP contribution in [0.2, 0.25) is 0 Å². The monoisotopic (exact) mass is 284 g/mol. The molecule has 0 bridgehead atoms. The molecular weight excluding hydrogens is 268 g/mol. The number of hydrogen-bond acceptors (Lipinski definition) is 6. The summed E-state index contributed by atoms with van der Waals surface area (Å²) < 4.78 is 0. The predicted molar refractivity (Wildman–Crippen MR) is 74.3 cm³/mol. The number of rotatable bonds is 2. The molecule has 2 aliphatic heterocycles. The summed E-state index contributed by atoms with van der Waals surface area (Å²) in [7, 11) is 0. The number of anilines is 1. The molecular formula is C11H16N4OS2. The van der Waals surface area contributed by atoms with Crippen LogP contribution in [0.25, 0.3) is 0 Å². The molecule has 5 nitrogen and oxygen atoms in total. The third-order valence-corrected chi connectivity index (χ3v) is 5.18. The van der Waals surface area contributed by atoms with Gasteiger partial charge < -0.3 is 9.80 Å². The van der Waals surface area contributed by atoms with Gasteiger partial charge in [-0.1, -0.05) is 11.3 Å². The standard InChI is InChI=1S/C11H16N4OS2/c1-8-12-13-11(18-8)15-6-9(7-15)10(16)14-2-4-17-5-3-14/h9H,2-7H2,1H3. The van der Waals surface area contributed by atoms with E-state index in [1.165, 1.54) is 0 Å². The summed E-state index contributed by atoms with van der Waals surface area (Å²) in [4.78, 5) is 16.4. The van der Waals surface area contributed by atoms with Crippen molar-refractivity contribution in [3.8, 4) is 0 Å². The van der Waals surface area contributed by atoms with Crippen LogP contribution in [-0.2, 0) is 4.79 Å². The quantitative estimate of drug-likeness (QED) is 0.806. The zero-order chi connectivity index (χ0) is 12.5. The fourth-order valence-corrected chi connectivity index (χ4v) is 3.86. The van der Waals surface area contributed by atoms with Crippen molar-refractivity contribution in [1.82, 2.24) is 15.1 Å². The van der Waals surface area contributed by atoms with E-state index >= 15 is 0 Å². The highest BCUT2D eigenvalue weighted by Gasteiger charge is 2.37.